The van der Waals surface area contributed by atoms with Gasteiger partial charge in [0.15, 0.2) is 0 Å². The molecule has 116 valence electrons. The van der Waals surface area contributed by atoms with Crippen LogP contribution in [0.25, 0.3) is 0 Å². The number of hydrogen-bond donors (Lipinski definition) is 1. The lowest BCUT2D eigenvalue weighted by atomic mass is 10.1. The summed E-state index contributed by atoms with van der Waals surface area (Å²) in [5.74, 6) is 0. The van der Waals surface area contributed by atoms with Gasteiger partial charge in [-0.15, -0.1) is 0 Å². The molecular weight excluding hydrogens is 284 g/mol. The fourth-order valence-electron chi connectivity index (χ4n) is 2.90. The Morgan fingerprint density at radius 1 is 1.38 bits per heavy atom. The number of ether oxygens (including phenoxy) is 1. The monoisotopic (exact) mass is 308 g/mol. The van der Waals surface area contributed by atoms with Crippen LogP contribution in [0.4, 0.5) is 5.69 Å². The van der Waals surface area contributed by atoms with Crippen molar-refractivity contribution in [2.75, 3.05) is 18.1 Å². The molecule has 1 aromatic carbocycles. The Morgan fingerprint density at radius 3 is 2.86 bits per heavy atom. The lowest BCUT2D eigenvalue weighted by Crippen LogP contribution is -2.48. The number of halogens is 1. The average Bonchev–Trinajstić information content (AvgIpc) is 3.30. The molecule has 3 rings (SSSR count). The third-order valence-corrected chi connectivity index (χ3v) is 4.82. The van der Waals surface area contributed by atoms with Crippen molar-refractivity contribution < 1.29 is 4.74 Å². The van der Waals surface area contributed by atoms with Gasteiger partial charge in [-0.3, -0.25) is 0 Å². The second-order valence-electron chi connectivity index (χ2n) is 6.29. The highest BCUT2D eigenvalue weighted by Gasteiger charge is 2.26. The first-order valence-corrected chi connectivity index (χ1v) is 8.45. The fraction of sp³-hybridized carbons (Fsp3) is 0.647. The standard InChI is InChI=1S/C17H25ClN2O/c1-3-15-11-21-12(2)10-20(15)16-7-4-13(17(18)8-16)9-19-14-5-6-14/h4,7-8,12,14-15,19H,3,5-6,9-11H2,1-2H3. The van der Waals surface area contributed by atoms with Gasteiger partial charge in [0.25, 0.3) is 0 Å². The molecule has 1 aliphatic carbocycles. The zero-order chi connectivity index (χ0) is 14.8. The number of benzene rings is 1. The maximum Gasteiger partial charge on any atom is 0.0723 e. The molecular formula is C17H25ClN2O. The van der Waals surface area contributed by atoms with Crippen LogP contribution in [-0.4, -0.2) is 31.3 Å². The first-order chi connectivity index (χ1) is 10.2. The normalized spacial score (nSPS) is 26.1. The molecule has 2 atom stereocenters. The van der Waals surface area contributed by atoms with E-state index in [2.05, 4.69) is 42.3 Å². The van der Waals surface area contributed by atoms with Gasteiger partial charge in [0, 0.05) is 29.8 Å². The van der Waals surface area contributed by atoms with Crippen LogP contribution in [0, 0.1) is 0 Å². The van der Waals surface area contributed by atoms with E-state index in [4.69, 9.17) is 16.3 Å². The van der Waals surface area contributed by atoms with E-state index in [1.54, 1.807) is 0 Å². The minimum absolute atomic E-state index is 0.280. The second kappa shape index (κ2) is 6.55. The lowest BCUT2D eigenvalue weighted by molar-refractivity contribution is 0.0299. The van der Waals surface area contributed by atoms with Crippen LogP contribution < -0.4 is 10.2 Å². The molecule has 4 heteroatoms. The molecule has 1 saturated carbocycles. The summed E-state index contributed by atoms with van der Waals surface area (Å²) in [7, 11) is 0. The number of nitrogens with one attached hydrogen (secondary N) is 1. The molecule has 1 aliphatic heterocycles. The minimum atomic E-state index is 0.280. The first-order valence-electron chi connectivity index (χ1n) is 8.07. The van der Waals surface area contributed by atoms with Gasteiger partial charge in [0.1, 0.15) is 0 Å². The Kier molecular flexibility index (Phi) is 4.72. The number of nitrogens with zero attached hydrogens (tertiary/aromatic N) is 1. The Morgan fingerprint density at radius 2 is 2.19 bits per heavy atom. The molecule has 2 fully saturated rings. The van der Waals surface area contributed by atoms with Gasteiger partial charge < -0.3 is 15.0 Å². The van der Waals surface area contributed by atoms with Crippen molar-refractivity contribution >= 4 is 17.3 Å². The third-order valence-electron chi connectivity index (χ3n) is 4.47. The molecule has 0 amide bonds. The highest BCUT2D eigenvalue weighted by Crippen LogP contribution is 2.29. The molecule has 1 saturated heterocycles. The molecule has 1 aromatic rings. The Balaban J connectivity index is 1.72. The lowest BCUT2D eigenvalue weighted by Gasteiger charge is -2.40. The summed E-state index contributed by atoms with van der Waals surface area (Å²) in [6.07, 6.45) is 3.98. The number of rotatable bonds is 5. The number of anilines is 1. The van der Waals surface area contributed by atoms with E-state index < -0.39 is 0 Å². The molecule has 0 radical (unpaired) electrons. The molecule has 0 spiro atoms. The highest BCUT2D eigenvalue weighted by molar-refractivity contribution is 6.31. The molecule has 21 heavy (non-hydrogen) atoms. The van der Waals surface area contributed by atoms with E-state index in [-0.39, 0.29) is 6.10 Å². The molecule has 1 heterocycles. The molecule has 0 bridgehead atoms. The maximum absolute atomic E-state index is 6.48. The predicted octanol–water partition coefficient (Wildman–Crippen LogP) is 3.60. The maximum atomic E-state index is 6.48. The van der Waals surface area contributed by atoms with Gasteiger partial charge >= 0.3 is 0 Å². The molecule has 2 aliphatic rings. The number of morpholine rings is 1. The predicted molar refractivity (Wildman–Crippen MR) is 88.2 cm³/mol. The van der Waals surface area contributed by atoms with E-state index in [0.717, 1.165) is 31.1 Å². The summed E-state index contributed by atoms with van der Waals surface area (Å²) in [5, 5.41) is 4.39. The Hall–Kier alpha value is -0.770. The van der Waals surface area contributed by atoms with Crippen LogP contribution >= 0.6 is 11.6 Å². The molecule has 2 unspecified atom stereocenters. The fourth-order valence-corrected chi connectivity index (χ4v) is 3.14. The van der Waals surface area contributed by atoms with Crippen molar-refractivity contribution in [3.63, 3.8) is 0 Å². The second-order valence-corrected chi connectivity index (χ2v) is 6.70. The van der Waals surface area contributed by atoms with Crippen LogP contribution in [-0.2, 0) is 11.3 Å². The van der Waals surface area contributed by atoms with Crippen molar-refractivity contribution in [2.45, 2.75) is 57.8 Å². The van der Waals surface area contributed by atoms with Crippen molar-refractivity contribution in [1.29, 1.82) is 0 Å². The minimum Gasteiger partial charge on any atom is -0.375 e. The Labute approximate surface area is 132 Å². The van der Waals surface area contributed by atoms with Crippen molar-refractivity contribution in [3.8, 4) is 0 Å². The topological polar surface area (TPSA) is 24.5 Å². The summed E-state index contributed by atoms with van der Waals surface area (Å²) in [5.41, 5.74) is 2.42. The molecule has 3 nitrogen and oxygen atoms in total. The van der Waals surface area contributed by atoms with Crippen molar-refractivity contribution in [3.05, 3.63) is 28.8 Å². The first kappa shape index (κ1) is 15.1. The van der Waals surface area contributed by atoms with E-state index in [0.29, 0.717) is 12.1 Å². The van der Waals surface area contributed by atoms with Crippen LogP contribution in [0.5, 0.6) is 0 Å². The molecule has 1 N–H and O–H groups in total. The van der Waals surface area contributed by atoms with Gasteiger partial charge in [-0.1, -0.05) is 24.6 Å². The summed E-state index contributed by atoms with van der Waals surface area (Å²) in [6, 6.07) is 7.65. The Bertz CT molecular complexity index is 490. The average molecular weight is 309 g/mol. The van der Waals surface area contributed by atoms with Gasteiger partial charge in [-0.2, -0.15) is 0 Å². The van der Waals surface area contributed by atoms with Gasteiger partial charge in [0.2, 0.25) is 0 Å². The largest absolute Gasteiger partial charge is 0.375 e. The van der Waals surface area contributed by atoms with Crippen molar-refractivity contribution in [1.82, 2.24) is 5.32 Å². The van der Waals surface area contributed by atoms with Crippen LogP contribution in [0.15, 0.2) is 18.2 Å². The van der Waals surface area contributed by atoms with Crippen LogP contribution in [0.1, 0.15) is 38.7 Å². The van der Waals surface area contributed by atoms with E-state index in [9.17, 15) is 0 Å². The van der Waals surface area contributed by atoms with Crippen LogP contribution in [0.3, 0.4) is 0 Å². The highest BCUT2D eigenvalue weighted by atomic mass is 35.5. The smallest absolute Gasteiger partial charge is 0.0723 e. The zero-order valence-corrected chi connectivity index (χ0v) is 13.7. The molecule has 0 aromatic heterocycles. The van der Waals surface area contributed by atoms with E-state index >= 15 is 0 Å². The SMILES string of the molecule is CCC1COC(C)CN1c1ccc(CNC2CC2)c(Cl)c1. The quantitative estimate of drug-likeness (QED) is 0.899. The summed E-state index contributed by atoms with van der Waals surface area (Å²) >= 11 is 6.48. The summed E-state index contributed by atoms with van der Waals surface area (Å²) in [4.78, 5) is 2.44. The van der Waals surface area contributed by atoms with Gasteiger partial charge in [-0.05, 0) is 43.9 Å². The van der Waals surface area contributed by atoms with Gasteiger partial charge in [-0.25, -0.2) is 0 Å². The van der Waals surface area contributed by atoms with Gasteiger partial charge in [0.05, 0.1) is 18.8 Å². The van der Waals surface area contributed by atoms with E-state index in [1.165, 1.54) is 24.1 Å². The van der Waals surface area contributed by atoms with E-state index in [1.807, 2.05) is 0 Å². The summed E-state index contributed by atoms with van der Waals surface area (Å²) in [6.45, 7) is 6.97. The van der Waals surface area contributed by atoms with Crippen LogP contribution in [0.2, 0.25) is 5.02 Å². The third kappa shape index (κ3) is 3.71. The van der Waals surface area contributed by atoms with Crippen molar-refractivity contribution in [2.24, 2.45) is 0 Å². The number of hydrogen-bond acceptors (Lipinski definition) is 3. The summed E-state index contributed by atoms with van der Waals surface area (Å²) < 4.78 is 5.77. The zero-order valence-electron chi connectivity index (χ0n) is 12.9.